The number of halogens is 1. The van der Waals surface area contributed by atoms with Gasteiger partial charge in [-0.3, -0.25) is 0 Å². The van der Waals surface area contributed by atoms with E-state index >= 15 is 0 Å². The summed E-state index contributed by atoms with van der Waals surface area (Å²) in [4.78, 5) is 0. The molecule has 1 aromatic carbocycles. The summed E-state index contributed by atoms with van der Waals surface area (Å²) in [5.74, 6) is 0.108. The maximum atomic E-state index is 9.52. The van der Waals surface area contributed by atoms with Gasteiger partial charge in [-0.2, -0.15) is 0 Å². The Morgan fingerprint density at radius 3 is 2.85 bits per heavy atom. The molecule has 0 amide bonds. The third-order valence-electron chi connectivity index (χ3n) is 1.87. The predicted octanol–water partition coefficient (Wildman–Crippen LogP) is 2.75. The molecule has 2 N–H and O–H groups in total. The Kier molecular flexibility index (Phi) is 2.15. The molecule has 0 aliphatic carbocycles. The van der Waals surface area contributed by atoms with Gasteiger partial charge in [-0.05, 0) is 17.7 Å². The van der Waals surface area contributed by atoms with Crippen LogP contribution >= 0.6 is 22.9 Å². The molecule has 0 saturated heterocycles. The molecular formula is C9H7ClO2S. The first kappa shape index (κ1) is 8.81. The highest BCUT2D eigenvalue weighted by Crippen LogP contribution is 2.40. The molecule has 0 spiro atoms. The third-order valence-corrected chi connectivity index (χ3v) is 3.23. The number of thiophene rings is 1. The summed E-state index contributed by atoms with van der Waals surface area (Å²) in [7, 11) is 0. The summed E-state index contributed by atoms with van der Waals surface area (Å²) in [5.41, 5.74) is 0.775. The summed E-state index contributed by atoms with van der Waals surface area (Å²) in [6.45, 7) is -0.0250. The van der Waals surface area contributed by atoms with Gasteiger partial charge in [0.1, 0.15) is 4.34 Å². The van der Waals surface area contributed by atoms with Gasteiger partial charge < -0.3 is 10.2 Å². The topological polar surface area (TPSA) is 40.5 Å². The molecule has 0 fully saturated rings. The fourth-order valence-electron chi connectivity index (χ4n) is 1.20. The number of hydrogen-bond donors (Lipinski definition) is 2. The number of aromatic hydroxyl groups is 1. The molecule has 0 aliphatic rings. The average Bonchev–Trinajstić information content (AvgIpc) is 2.43. The third kappa shape index (κ3) is 1.39. The Bertz CT molecular complexity index is 450. The van der Waals surface area contributed by atoms with Crippen LogP contribution in [-0.2, 0) is 6.61 Å². The van der Waals surface area contributed by atoms with Crippen LogP contribution in [0.4, 0.5) is 0 Å². The zero-order valence-corrected chi connectivity index (χ0v) is 8.19. The van der Waals surface area contributed by atoms with Crippen molar-refractivity contribution in [3.05, 3.63) is 28.1 Å². The van der Waals surface area contributed by atoms with Gasteiger partial charge in [0.2, 0.25) is 0 Å². The van der Waals surface area contributed by atoms with Crippen molar-refractivity contribution in [1.82, 2.24) is 0 Å². The maximum Gasteiger partial charge on any atom is 0.152 e. The Labute approximate surface area is 84.0 Å². The van der Waals surface area contributed by atoms with Crippen LogP contribution in [0.25, 0.3) is 10.1 Å². The molecule has 0 aliphatic heterocycles. The second kappa shape index (κ2) is 3.18. The molecule has 0 atom stereocenters. The fraction of sp³-hybridized carbons (Fsp3) is 0.111. The quantitative estimate of drug-likeness (QED) is 0.767. The predicted molar refractivity (Wildman–Crippen MR) is 54.4 cm³/mol. The lowest BCUT2D eigenvalue weighted by atomic mass is 10.2. The SMILES string of the molecule is OCc1ccc2sc(Cl)c(O)c2c1. The van der Waals surface area contributed by atoms with Crippen LogP contribution in [-0.4, -0.2) is 10.2 Å². The van der Waals surface area contributed by atoms with E-state index in [2.05, 4.69) is 0 Å². The lowest BCUT2D eigenvalue weighted by Gasteiger charge is -1.95. The lowest BCUT2D eigenvalue weighted by Crippen LogP contribution is -1.79. The molecule has 68 valence electrons. The van der Waals surface area contributed by atoms with Gasteiger partial charge in [0, 0.05) is 10.1 Å². The fourth-order valence-corrected chi connectivity index (χ4v) is 2.35. The van der Waals surface area contributed by atoms with Crippen LogP contribution in [0.1, 0.15) is 5.56 Å². The molecule has 0 saturated carbocycles. The summed E-state index contributed by atoms with van der Waals surface area (Å²) < 4.78 is 1.32. The van der Waals surface area contributed by atoms with E-state index in [0.717, 1.165) is 10.3 Å². The van der Waals surface area contributed by atoms with E-state index in [1.165, 1.54) is 11.3 Å². The minimum absolute atomic E-state index is 0.0250. The van der Waals surface area contributed by atoms with Crippen molar-refractivity contribution in [1.29, 1.82) is 0 Å². The van der Waals surface area contributed by atoms with Gasteiger partial charge in [-0.1, -0.05) is 17.7 Å². The number of benzene rings is 1. The highest BCUT2D eigenvalue weighted by molar-refractivity contribution is 7.23. The van der Waals surface area contributed by atoms with E-state index in [1.54, 1.807) is 6.07 Å². The van der Waals surface area contributed by atoms with Gasteiger partial charge in [-0.25, -0.2) is 0 Å². The van der Waals surface area contributed by atoms with Crippen molar-refractivity contribution < 1.29 is 10.2 Å². The molecule has 2 nitrogen and oxygen atoms in total. The Balaban J connectivity index is 2.75. The second-order valence-corrected chi connectivity index (χ2v) is 4.37. The summed E-state index contributed by atoms with van der Waals surface area (Å²) in [5, 5.41) is 19.1. The number of rotatable bonds is 1. The largest absolute Gasteiger partial charge is 0.505 e. The van der Waals surface area contributed by atoms with Gasteiger partial charge >= 0.3 is 0 Å². The lowest BCUT2D eigenvalue weighted by molar-refractivity contribution is 0.282. The van der Waals surface area contributed by atoms with Crippen molar-refractivity contribution in [2.24, 2.45) is 0 Å². The van der Waals surface area contributed by atoms with Crippen molar-refractivity contribution in [3.63, 3.8) is 0 Å². The molecular weight excluding hydrogens is 208 g/mol. The smallest absolute Gasteiger partial charge is 0.152 e. The van der Waals surface area contributed by atoms with Crippen LogP contribution in [0, 0.1) is 0 Å². The number of aliphatic hydroxyl groups excluding tert-OH is 1. The van der Waals surface area contributed by atoms with Crippen LogP contribution in [0.5, 0.6) is 5.75 Å². The van der Waals surface area contributed by atoms with E-state index < -0.39 is 0 Å². The van der Waals surface area contributed by atoms with E-state index in [1.807, 2.05) is 12.1 Å². The van der Waals surface area contributed by atoms with Gasteiger partial charge in [-0.15, -0.1) is 11.3 Å². The van der Waals surface area contributed by atoms with E-state index in [9.17, 15) is 5.11 Å². The standard InChI is InChI=1S/C9H7ClO2S/c10-9-8(12)6-3-5(4-11)1-2-7(6)13-9/h1-3,11-12H,4H2. The molecule has 0 unspecified atom stereocenters. The summed E-state index contributed by atoms with van der Waals surface area (Å²) in [6, 6.07) is 5.40. The van der Waals surface area contributed by atoms with Crippen molar-refractivity contribution in [2.75, 3.05) is 0 Å². The van der Waals surface area contributed by atoms with Crippen LogP contribution in [0.2, 0.25) is 4.34 Å². The summed E-state index contributed by atoms with van der Waals surface area (Å²) in [6.07, 6.45) is 0. The van der Waals surface area contributed by atoms with Gasteiger partial charge in [0.15, 0.2) is 5.75 Å². The average molecular weight is 215 g/mol. The molecule has 2 rings (SSSR count). The first-order valence-electron chi connectivity index (χ1n) is 3.73. The maximum absolute atomic E-state index is 9.52. The van der Waals surface area contributed by atoms with Gasteiger partial charge in [0.05, 0.1) is 6.61 Å². The normalized spacial score (nSPS) is 10.9. The number of fused-ring (bicyclic) bond motifs is 1. The van der Waals surface area contributed by atoms with E-state index in [-0.39, 0.29) is 12.4 Å². The van der Waals surface area contributed by atoms with Crippen LogP contribution in [0.15, 0.2) is 18.2 Å². The van der Waals surface area contributed by atoms with Crippen LogP contribution in [0.3, 0.4) is 0 Å². The van der Waals surface area contributed by atoms with E-state index in [0.29, 0.717) is 9.72 Å². The monoisotopic (exact) mass is 214 g/mol. The molecule has 2 aromatic rings. The molecule has 0 bridgehead atoms. The van der Waals surface area contributed by atoms with Crippen molar-refractivity contribution in [2.45, 2.75) is 6.61 Å². The van der Waals surface area contributed by atoms with Crippen molar-refractivity contribution >= 4 is 33.0 Å². The molecule has 4 heteroatoms. The Morgan fingerprint density at radius 2 is 2.15 bits per heavy atom. The molecule has 13 heavy (non-hydrogen) atoms. The Hall–Kier alpha value is -0.770. The van der Waals surface area contributed by atoms with Crippen LogP contribution < -0.4 is 0 Å². The Morgan fingerprint density at radius 1 is 1.38 bits per heavy atom. The highest BCUT2D eigenvalue weighted by atomic mass is 35.5. The zero-order chi connectivity index (χ0) is 9.42. The second-order valence-electron chi connectivity index (χ2n) is 2.71. The van der Waals surface area contributed by atoms with Crippen molar-refractivity contribution in [3.8, 4) is 5.75 Å². The summed E-state index contributed by atoms with van der Waals surface area (Å²) >= 11 is 7.09. The molecule has 1 aromatic heterocycles. The first-order chi connectivity index (χ1) is 6.22. The minimum Gasteiger partial charge on any atom is -0.505 e. The van der Waals surface area contributed by atoms with E-state index in [4.69, 9.17) is 16.7 Å². The number of aliphatic hydroxyl groups is 1. The zero-order valence-electron chi connectivity index (χ0n) is 6.62. The first-order valence-corrected chi connectivity index (χ1v) is 4.92. The molecule has 1 heterocycles. The highest BCUT2D eigenvalue weighted by Gasteiger charge is 2.08. The molecule has 0 radical (unpaired) electrons. The van der Waals surface area contributed by atoms with Gasteiger partial charge in [0.25, 0.3) is 0 Å². The number of hydrogen-bond acceptors (Lipinski definition) is 3. The minimum atomic E-state index is -0.0250.